The molecule has 0 fully saturated rings. The molecule has 0 aliphatic carbocycles. The van der Waals surface area contributed by atoms with Crippen LogP contribution in [-0.2, 0) is 0 Å². The van der Waals surface area contributed by atoms with E-state index < -0.39 is 367 Å². The summed E-state index contributed by atoms with van der Waals surface area (Å²) in [7, 11) is 0. The van der Waals surface area contributed by atoms with Crippen molar-refractivity contribution in [2.24, 2.45) is 0 Å². The van der Waals surface area contributed by atoms with Crippen LogP contribution in [-0.4, -0.2) is 9.97 Å². The van der Waals surface area contributed by atoms with Crippen molar-refractivity contribution < 1.29 is 53.5 Å². The number of nitrogens with zero attached hydrogens (tertiary/aromatic N) is 2. The van der Waals surface area contributed by atoms with Crippen molar-refractivity contribution >= 4 is 65.5 Å². The monoisotopic (exact) mass is 908 g/mol. The highest BCUT2D eigenvalue weighted by Crippen LogP contribution is 2.56. The molecule has 13 rings (SSSR count). The fraction of sp³-hybridized carbons (Fsp3) is 0. The lowest BCUT2D eigenvalue weighted by Gasteiger charge is -2.18. The molecule has 67 heavy (non-hydrogen) atoms. The van der Waals surface area contributed by atoms with Gasteiger partial charge in [0.2, 0.25) is 0 Å². The van der Waals surface area contributed by atoms with Gasteiger partial charge >= 0.3 is 0 Å². The SMILES string of the molecule is [2H]c1cc(-c2c3c([2H])c([2H])c([2H])c([2H])c3c(-c3sc(-c4c([2H])c([2H])c([2H])c(-c5c([2H])c([2H])c(-c6nc7c(c([2H])c6[2H])c([2H])c([2H])c6c([2H])c([2H])c([2H])nc67)c6c([2H])c([2H])c([2H])c([2H])c56)c4[2H])c(-c4c([2H])c([2H])c([2H])c([2H])c4[2H])c3-c3c([2H])c([2H])c([2H])c([2H])c3[2H])c3c([2H])c([2H])c([2H])c([2H])c23)c([2H])c([2H])c1[2H]. The fourth-order valence-corrected chi connectivity index (χ4v) is 9.19. The Labute approximate surface area is 447 Å². The van der Waals surface area contributed by atoms with Crippen LogP contribution in [0.4, 0.5) is 0 Å². The predicted molar refractivity (Wildman–Crippen MR) is 285 cm³/mol. The molecule has 0 spiro atoms. The van der Waals surface area contributed by atoms with Crippen LogP contribution >= 0.6 is 11.3 Å². The van der Waals surface area contributed by atoms with Gasteiger partial charge in [0.15, 0.2) is 0 Å². The number of thiophene rings is 1. The second-order valence-electron chi connectivity index (χ2n) is 14.2. The molecule has 0 N–H and O–H groups in total. The Morgan fingerprint density at radius 3 is 1.52 bits per heavy atom. The van der Waals surface area contributed by atoms with E-state index in [9.17, 15) is 28.8 Å². The first-order valence-electron chi connectivity index (χ1n) is 39.1. The van der Waals surface area contributed by atoms with E-state index in [0.29, 0.717) is 0 Å². The first-order valence-corrected chi connectivity index (χ1v) is 20.4. The number of rotatable bonds is 7. The Hall–Kier alpha value is -8.50. The van der Waals surface area contributed by atoms with E-state index in [1.165, 1.54) is 0 Å². The second-order valence-corrected chi connectivity index (χ2v) is 15.2. The van der Waals surface area contributed by atoms with E-state index in [2.05, 4.69) is 9.97 Å². The molecule has 2 nitrogen and oxygen atoms in total. The predicted octanol–water partition coefficient (Wildman–Crippen LogP) is 18.0. The van der Waals surface area contributed by atoms with Gasteiger partial charge in [-0.2, -0.15) is 0 Å². The lowest BCUT2D eigenvalue weighted by Crippen LogP contribution is -1.91. The average Bonchev–Trinajstić information content (AvgIpc) is 1.21. The van der Waals surface area contributed by atoms with Crippen LogP contribution in [0.3, 0.4) is 0 Å². The summed E-state index contributed by atoms with van der Waals surface area (Å²) in [5.41, 5.74) is -12.2. The van der Waals surface area contributed by atoms with Crippen LogP contribution in [0.5, 0.6) is 0 Å². The molecule has 0 aliphatic rings. The lowest BCUT2D eigenvalue weighted by molar-refractivity contribution is 1.37. The molecule has 13 aromatic rings. The molecule has 0 aliphatic heterocycles. The first kappa shape index (κ1) is 16.1. The molecule has 3 heterocycles. The van der Waals surface area contributed by atoms with Crippen molar-refractivity contribution in [1.29, 1.82) is 0 Å². The van der Waals surface area contributed by atoms with Crippen LogP contribution in [0.2, 0.25) is 0 Å². The van der Waals surface area contributed by atoms with Crippen LogP contribution in [0, 0.1) is 0 Å². The topological polar surface area (TPSA) is 25.8 Å². The minimum Gasteiger partial charge on any atom is -0.254 e. The molecule has 0 saturated carbocycles. The molecule has 0 atom stereocenters. The Morgan fingerprint density at radius 2 is 0.836 bits per heavy atom. The summed E-state index contributed by atoms with van der Waals surface area (Å²) in [6.45, 7) is 0. The molecule has 0 amide bonds. The first-order chi connectivity index (χ1) is 49.4. The molecule has 3 heteroatoms. The van der Waals surface area contributed by atoms with Crippen LogP contribution in [0.25, 0.3) is 131 Å². The summed E-state index contributed by atoms with van der Waals surface area (Å²) in [6.07, 6.45) is -0.845. The molecule has 10 aromatic carbocycles. The van der Waals surface area contributed by atoms with E-state index in [0.717, 1.165) is 6.07 Å². The lowest BCUT2D eigenvalue weighted by atomic mass is 9.85. The Bertz CT molecular complexity index is 6250. The van der Waals surface area contributed by atoms with Gasteiger partial charge in [0, 0.05) is 49.0 Å². The maximum atomic E-state index is 10.5. The van der Waals surface area contributed by atoms with Crippen LogP contribution in [0.1, 0.15) is 53.5 Å². The highest BCUT2D eigenvalue weighted by molar-refractivity contribution is 7.20. The van der Waals surface area contributed by atoms with Crippen molar-refractivity contribution in [3.8, 4) is 76.6 Å². The largest absolute Gasteiger partial charge is 0.254 e. The van der Waals surface area contributed by atoms with Gasteiger partial charge < -0.3 is 0 Å². The zero-order chi connectivity index (χ0) is 78.2. The summed E-state index contributed by atoms with van der Waals surface area (Å²) in [4.78, 5) is 6.81. The Balaban J connectivity index is 1.30. The van der Waals surface area contributed by atoms with Gasteiger partial charge in [-0.15, -0.1) is 11.3 Å². The van der Waals surface area contributed by atoms with E-state index in [4.69, 9.17) is 24.7 Å². The highest BCUT2D eigenvalue weighted by Gasteiger charge is 2.27. The van der Waals surface area contributed by atoms with E-state index in [1.807, 2.05) is 0 Å². The van der Waals surface area contributed by atoms with Gasteiger partial charge in [-0.25, -0.2) is 4.98 Å². The number of aromatic nitrogens is 2. The van der Waals surface area contributed by atoms with Crippen LogP contribution in [0.15, 0.2) is 242 Å². The molecule has 0 unspecified atom stereocenters. The summed E-state index contributed by atoms with van der Waals surface area (Å²) < 4.78 is 362. The Morgan fingerprint density at radius 1 is 0.328 bits per heavy atom. The molecular formula is C64H40N2S. The molecular weight excluding hydrogens is 829 g/mol. The van der Waals surface area contributed by atoms with Crippen molar-refractivity contribution in [2.45, 2.75) is 0 Å². The van der Waals surface area contributed by atoms with E-state index in [1.54, 1.807) is 0 Å². The third-order valence-electron chi connectivity index (χ3n) is 10.6. The van der Waals surface area contributed by atoms with Crippen molar-refractivity contribution in [3.63, 3.8) is 0 Å². The van der Waals surface area contributed by atoms with Crippen molar-refractivity contribution in [2.75, 3.05) is 0 Å². The second kappa shape index (κ2) is 16.2. The third kappa shape index (κ3) is 6.55. The molecule has 0 bridgehead atoms. The zero-order valence-electron chi connectivity index (χ0n) is 72.4. The maximum Gasteiger partial charge on any atom is 0.0972 e. The van der Waals surface area contributed by atoms with Gasteiger partial charge in [-0.3, -0.25) is 4.98 Å². The third-order valence-corrected chi connectivity index (χ3v) is 11.8. The van der Waals surface area contributed by atoms with Gasteiger partial charge in [-0.1, -0.05) is 218 Å². The van der Waals surface area contributed by atoms with E-state index in [-0.39, 0.29) is 11.3 Å². The molecule has 0 radical (unpaired) electrons. The molecule has 312 valence electrons. The van der Waals surface area contributed by atoms with Crippen molar-refractivity contribution in [1.82, 2.24) is 9.97 Å². The summed E-state index contributed by atoms with van der Waals surface area (Å²) >= 11 is 0.115. The number of hydrogen-bond donors (Lipinski definition) is 0. The van der Waals surface area contributed by atoms with Gasteiger partial charge in [0.05, 0.1) is 70.2 Å². The van der Waals surface area contributed by atoms with Crippen LogP contribution < -0.4 is 0 Å². The van der Waals surface area contributed by atoms with E-state index >= 15 is 0 Å². The minimum absolute atomic E-state index is 0.115. The number of benzene rings is 10. The molecule has 3 aromatic heterocycles. The molecule has 0 saturated heterocycles. The van der Waals surface area contributed by atoms with Crippen molar-refractivity contribution in [3.05, 3.63) is 242 Å². The number of fused-ring (bicyclic) bond motifs is 6. The zero-order valence-corrected chi connectivity index (χ0v) is 34.2. The average molecular weight is 908 g/mol. The number of hydrogen-bond acceptors (Lipinski definition) is 3. The maximum absolute atomic E-state index is 10.5. The van der Waals surface area contributed by atoms with Gasteiger partial charge in [-0.05, 0) is 89.4 Å². The summed E-state index contributed by atoms with van der Waals surface area (Å²) in [6, 6.07) is -40.0. The van der Waals surface area contributed by atoms with Gasteiger partial charge in [0.1, 0.15) is 0 Å². The highest BCUT2D eigenvalue weighted by atomic mass is 32.1. The van der Waals surface area contributed by atoms with Gasteiger partial charge in [0.25, 0.3) is 0 Å². The standard InChI is InChI=1S/C64H40N2S/c1-4-18-41(19-5-1)57-52-29-12-14-31-54(52)60(55-32-15-13-30-53(55)57)64-59(43-22-8-3-9-23-43)58(42-20-6-2-7-21-42)63(67-64)47-25-16-24-46(40-47)48-36-37-51(50-28-11-10-27-49(48)50)56-38-35-45-34-33-44-26-17-39-65-61(44)62(45)66-56/h1-40H/i1D,2D,3D,4D,5D,6D,7D,8D,9D,10D,11D,12D,13D,14D,15D,16D,17D,18D,20D,21D,22D,23D,24D,25D,26D,27D,28D,29D,30D,31D,32D,33D,34D,35D,36D,37D,38D,39D,40D. The summed E-state index contributed by atoms with van der Waals surface area (Å²) in [5.74, 6) is 0. The Kier molecular flexibility index (Phi) is 3.90. The smallest absolute Gasteiger partial charge is 0.0972 e. The summed E-state index contributed by atoms with van der Waals surface area (Å²) in [5, 5.41) is -6.11. The normalized spacial score (nSPS) is 19.7. The fourth-order valence-electron chi connectivity index (χ4n) is 7.86. The number of pyridine rings is 2. The minimum atomic E-state index is -1.29. The quantitative estimate of drug-likeness (QED) is 0.118.